The third-order valence-corrected chi connectivity index (χ3v) is 24.0. The van der Waals surface area contributed by atoms with Crippen molar-refractivity contribution >= 4 is 25.6 Å². The van der Waals surface area contributed by atoms with Gasteiger partial charge in [-0.2, -0.15) is 0 Å². The van der Waals surface area contributed by atoms with E-state index in [0.29, 0.717) is 5.92 Å². The summed E-state index contributed by atoms with van der Waals surface area (Å²) in [6, 6.07) is 64.3. The fourth-order valence-corrected chi connectivity index (χ4v) is 21.4. The summed E-state index contributed by atoms with van der Waals surface area (Å²) in [5, 5.41) is 3.17. The fourth-order valence-electron chi connectivity index (χ4n) is 8.53. The van der Waals surface area contributed by atoms with Crippen LogP contribution < -0.4 is 38.5 Å². The Bertz CT molecular complexity index is 2330. The molecule has 0 saturated carbocycles. The maximum Gasteiger partial charge on any atom is -1.00 e. The van der Waals surface area contributed by atoms with Crippen LogP contribution >= 0.6 is 0 Å². The fraction of sp³-hybridized carbons (Fsp3) is 0.102. The van der Waals surface area contributed by atoms with Gasteiger partial charge in [-0.3, -0.25) is 0 Å². The van der Waals surface area contributed by atoms with Crippen molar-refractivity contribution in [1.82, 2.24) is 0 Å². The van der Waals surface area contributed by atoms with Crippen molar-refractivity contribution in [2.45, 2.75) is 32.1 Å². The van der Waals surface area contributed by atoms with E-state index in [2.05, 4.69) is 183 Å². The first kappa shape index (κ1) is 37.3. The zero-order valence-corrected chi connectivity index (χ0v) is 34.9. The summed E-state index contributed by atoms with van der Waals surface area (Å²) in [4.78, 5) is 0. The average Bonchev–Trinajstić information content (AvgIpc) is 3.76. The van der Waals surface area contributed by atoms with Crippen molar-refractivity contribution in [1.29, 1.82) is 0 Å². The largest absolute Gasteiger partial charge is 1.00 e. The molecule has 2 aliphatic carbocycles. The second-order valence-electron chi connectivity index (χ2n) is 13.9. The molecule has 7 aromatic rings. The molecule has 7 aromatic carbocycles. The van der Waals surface area contributed by atoms with Gasteiger partial charge in [0.25, 0.3) is 0 Å². The molecule has 1 atom stereocenters. The van der Waals surface area contributed by atoms with E-state index in [4.69, 9.17) is 0 Å². The molecule has 0 aromatic heterocycles. The first-order chi connectivity index (χ1) is 25.3. The van der Waals surface area contributed by atoms with Crippen LogP contribution in [0.25, 0.3) is 39.5 Å². The number of benzene rings is 7. The minimum Gasteiger partial charge on any atom is -1.00 e. The van der Waals surface area contributed by atoms with Crippen LogP contribution in [-0.2, 0) is 28.8 Å². The molecule has 0 amide bonds. The van der Waals surface area contributed by atoms with Crippen molar-refractivity contribution in [3.05, 3.63) is 203 Å². The topological polar surface area (TPSA) is 0 Å². The third kappa shape index (κ3) is 7.16. The normalized spacial score (nSPS) is 13.5. The molecule has 0 fully saturated rings. The zero-order chi connectivity index (χ0) is 34.1. The molecule has 258 valence electrons. The summed E-state index contributed by atoms with van der Waals surface area (Å²) in [5.41, 5.74) is 17.3. The Morgan fingerprint density at radius 1 is 0.547 bits per heavy atom. The van der Waals surface area contributed by atoms with Crippen molar-refractivity contribution < 1.29 is 47.2 Å². The molecule has 0 N–H and O–H groups in total. The van der Waals surface area contributed by atoms with Crippen LogP contribution in [0.3, 0.4) is 0 Å². The third-order valence-electron chi connectivity index (χ3n) is 10.9. The van der Waals surface area contributed by atoms with Gasteiger partial charge in [-0.25, -0.2) is 0 Å². The minimum atomic E-state index is -1.41. The monoisotopic (exact) mass is 816 g/mol. The molecule has 1 unspecified atom stereocenters. The number of rotatable bonds is 9. The molecule has 0 bridgehead atoms. The molecular weight excluding hydrogens is 779 g/mol. The molecule has 2 aliphatic rings. The number of halogens is 2. The van der Waals surface area contributed by atoms with Gasteiger partial charge < -0.3 is 24.8 Å². The summed E-state index contributed by atoms with van der Waals surface area (Å²) in [7, 11) is 0. The van der Waals surface area contributed by atoms with Gasteiger partial charge in [-0.1, -0.05) is 18.2 Å². The van der Waals surface area contributed by atoms with Gasteiger partial charge in [-0.15, -0.1) is 0 Å². The molecule has 4 heteroatoms. The van der Waals surface area contributed by atoms with Crippen molar-refractivity contribution in [2.24, 2.45) is 0 Å². The average molecular weight is 819 g/mol. The summed E-state index contributed by atoms with van der Waals surface area (Å²) < 4.78 is 1.70. The van der Waals surface area contributed by atoms with Crippen LogP contribution in [-0.4, -0.2) is 5.92 Å². The van der Waals surface area contributed by atoms with E-state index in [1.54, 1.807) is 30.3 Å². The van der Waals surface area contributed by atoms with E-state index in [0.717, 1.165) is 19.3 Å². The van der Waals surface area contributed by atoms with Crippen LogP contribution in [0.15, 0.2) is 175 Å². The molecule has 53 heavy (non-hydrogen) atoms. The van der Waals surface area contributed by atoms with Gasteiger partial charge in [0.15, 0.2) is 0 Å². The Morgan fingerprint density at radius 3 is 1.81 bits per heavy atom. The van der Waals surface area contributed by atoms with Crippen LogP contribution in [0.1, 0.15) is 53.5 Å². The Kier molecular flexibility index (Phi) is 11.6. The molecule has 0 spiro atoms. The number of hydrogen-bond donors (Lipinski definition) is 0. The Hall–Kier alpha value is -4.04. The summed E-state index contributed by atoms with van der Waals surface area (Å²) in [6.07, 6.45) is 5.88. The van der Waals surface area contributed by atoms with E-state index in [9.17, 15) is 0 Å². The number of hydrogen-bond acceptors (Lipinski definition) is 0. The zero-order valence-electron chi connectivity index (χ0n) is 29.8. The van der Waals surface area contributed by atoms with Crippen LogP contribution in [0, 0.1) is 0 Å². The molecule has 9 rings (SSSR count). The quantitative estimate of drug-likeness (QED) is 0.192. The summed E-state index contributed by atoms with van der Waals surface area (Å²) >= 11 is -1.07. The Balaban J connectivity index is 0.00000218. The van der Waals surface area contributed by atoms with E-state index in [1.165, 1.54) is 50.1 Å². The predicted molar refractivity (Wildman–Crippen MR) is 216 cm³/mol. The second kappa shape index (κ2) is 16.5. The molecule has 0 radical (unpaired) electrons. The second-order valence-corrected chi connectivity index (χ2v) is 24.1. The van der Waals surface area contributed by atoms with E-state index >= 15 is 0 Å². The maximum absolute atomic E-state index is 2.59. The minimum absolute atomic E-state index is 0. The maximum atomic E-state index is 2.59. The van der Waals surface area contributed by atoms with Crippen molar-refractivity contribution in [3.8, 4) is 33.4 Å². The van der Waals surface area contributed by atoms with Crippen molar-refractivity contribution in [3.63, 3.8) is 0 Å². The molecule has 0 aliphatic heterocycles. The molecule has 0 heterocycles. The standard InChI is InChI=1S/C37H29.C12H11Si.2ClH.Zr/c1-2-10-29-24-35-30(27-21-19-26(20-22-27)25-11-4-3-5-12-25)15-8-17-33(35)37(29)34-18-9-16-32-31-14-7-6-13-28(31)23-36(32)34;1-3-7-11(8-4-1)13-12-9-5-2-6-10-12;;;/h3-9,11-17,19-22,24,37H,2,10,23H2,1H3;1-10,13H;2*1H;/q;;;;+2/p-2. The predicted octanol–water partition coefficient (Wildman–Crippen LogP) is 4.17. The van der Waals surface area contributed by atoms with Gasteiger partial charge in [0.2, 0.25) is 0 Å². The van der Waals surface area contributed by atoms with Crippen LogP contribution in [0.2, 0.25) is 0 Å². The number of fused-ring (bicyclic) bond motifs is 4. The van der Waals surface area contributed by atoms with E-state index in [1.807, 2.05) is 0 Å². The van der Waals surface area contributed by atoms with Crippen molar-refractivity contribution in [2.75, 3.05) is 0 Å². The van der Waals surface area contributed by atoms with Crippen LogP contribution in [0.5, 0.6) is 0 Å². The van der Waals surface area contributed by atoms with Gasteiger partial charge >= 0.3 is 299 Å². The molecule has 0 nitrogen and oxygen atoms in total. The number of allylic oxidation sites excluding steroid dienone is 1. The van der Waals surface area contributed by atoms with Gasteiger partial charge in [0.05, 0.1) is 0 Å². The van der Waals surface area contributed by atoms with E-state index in [-0.39, 0.29) is 24.8 Å². The SMILES string of the molecule is CCCC1=Cc2c(-c3ccc(-c4ccccc4)cc3)cccc2C1c1[c]([Zr+2][SiH](c2ccccc2)c2ccccc2)ccc2c1Cc1ccccc1-2.[Cl-].[Cl-]. The summed E-state index contributed by atoms with van der Waals surface area (Å²) in [6.45, 7) is 2.35. The summed E-state index contributed by atoms with van der Waals surface area (Å²) in [5.74, 6) is -1.12. The van der Waals surface area contributed by atoms with Gasteiger partial charge in [0.1, 0.15) is 0 Å². The van der Waals surface area contributed by atoms with Crippen LogP contribution in [0.4, 0.5) is 0 Å². The van der Waals surface area contributed by atoms with E-state index < -0.39 is 28.3 Å². The van der Waals surface area contributed by atoms with Gasteiger partial charge in [-0.05, 0) is 0 Å². The first-order valence-corrected chi connectivity index (χ1v) is 25.6. The molecular formula is C49H40Cl2SiZr. The Morgan fingerprint density at radius 2 is 1.13 bits per heavy atom. The molecule has 0 saturated heterocycles. The smallest absolute Gasteiger partial charge is 1.00 e. The first-order valence-electron chi connectivity index (χ1n) is 18.4. The Labute approximate surface area is 339 Å². The van der Waals surface area contributed by atoms with Gasteiger partial charge in [0, 0.05) is 0 Å².